The topological polar surface area (TPSA) is 58.2 Å². The van der Waals surface area contributed by atoms with Crippen molar-refractivity contribution in [3.05, 3.63) is 101 Å². The molecule has 2 N–H and O–H groups in total. The number of nitrogens with one attached hydrogen (secondary N) is 2. The standard InChI is InChI=1S/C22H16F4N2O2/c23-16-12-10-15(11-13-16)21(30)28-20(19(29)14-6-2-1-3-7-14)27-18-9-5-4-8-17(18)22(24,25)26/h1-13,20,27H,(H,28,30). The maximum atomic E-state index is 13.3. The first kappa shape index (κ1) is 21.0. The Morgan fingerprint density at radius 2 is 1.37 bits per heavy atom. The Kier molecular flexibility index (Phi) is 6.15. The van der Waals surface area contributed by atoms with Crippen molar-refractivity contribution >= 4 is 17.4 Å². The van der Waals surface area contributed by atoms with Gasteiger partial charge in [-0.3, -0.25) is 9.59 Å². The molecule has 154 valence electrons. The molecule has 3 aromatic carbocycles. The van der Waals surface area contributed by atoms with Crippen LogP contribution in [0.15, 0.2) is 78.9 Å². The second kappa shape index (κ2) is 8.77. The highest BCUT2D eigenvalue weighted by molar-refractivity contribution is 6.05. The van der Waals surface area contributed by atoms with Crippen LogP contribution in [0.1, 0.15) is 26.3 Å². The van der Waals surface area contributed by atoms with Gasteiger partial charge in [-0.05, 0) is 36.4 Å². The summed E-state index contributed by atoms with van der Waals surface area (Å²) in [5.74, 6) is -1.94. The van der Waals surface area contributed by atoms with Gasteiger partial charge in [0.1, 0.15) is 5.82 Å². The van der Waals surface area contributed by atoms with Crippen molar-refractivity contribution in [1.82, 2.24) is 5.32 Å². The van der Waals surface area contributed by atoms with Gasteiger partial charge in [-0.2, -0.15) is 13.2 Å². The molecule has 3 rings (SSSR count). The summed E-state index contributed by atoms with van der Waals surface area (Å²) < 4.78 is 53.1. The van der Waals surface area contributed by atoms with Crippen LogP contribution in [-0.2, 0) is 6.18 Å². The first-order valence-corrected chi connectivity index (χ1v) is 8.84. The molecule has 1 unspecified atom stereocenters. The molecule has 0 saturated carbocycles. The van der Waals surface area contributed by atoms with E-state index in [1.54, 1.807) is 18.2 Å². The van der Waals surface area contributed by atoms with Crippen molar-refractivity contribution in [2.75, 3.05) is 5.32 Å². The zero-order valence-corrected chi connectivity index (χ0v) is 15.4. The minimum absolute atomic E-state index is 0.0492. The van der Waals surface area contributed by atoms with E-state index >= 15 is 0 Å². The molecular formula is C22H16F4N2O2. The summed E-state index contributed by atoms with van der Waals surface area (Å²) in [6.07, 6.45) is -6.15. The Morgan fingerprint density at radius 1 is 0.767 bits per heavy atom. The highest BCUT2D eigenvalue weighted by atomic mass is 19.4. The van der Waals surface area contributed by atoms with Crippen molar-refractivity contribution in [1.29, 1.82) is 0 Å². The molecule has 8 heteroatoms. The third kappa shape index (κ3) is 5.02. The van der Waals surface area contributed by atoms with Gasteiger partial charge in [-0.1, -0.05) is 42.5 Å². The van der Waals surface area contributed by atoms with Crippen LogP contribution in [0, 0.1) is 5.82 Å². The lowest BCUT2D eigenvalue weighted by Crippen LogP contribution is -2.46. The minimum atomic E-state index is -4.66. The first-order valence-electron chi connectivity index (χ1n) is 8.84. The van der Waals surface area contributed by atoms with Gasteiger partial charge in [0.05, 0.1) is 5.56 Å². The summed E-state index contributed by atoms with van der Waals surface area (Å²) in [5.41, 5.74) is -1.10. The number of ketones is 1. The van der Waals surface area contributed by atoms with E-state index in [1.807, 2.05) is 0 Å². The summed E-state index contributed by atoms with van der Waals surface area (Å²) in [6.45, 7) is 0. The Bertz CT molecular complexity index is 1040. The lowest BCUT2D eigenvalue weighted by atomic mass is 10.1. The SMILES string of the molecule is O=C(NC(Nc1ccccc1C(F)(F)F)C(=O)c1ccccc1)c1ccc(F)cc1. The molecule has 1 atom stereocenters. The largest absolute Gasteiger partial charge is 0.418 e. The zero-order valence-electron chi connectivity index (χ0n) is 15.4. The fourth-order valence-electron chi connectivity index (χ4n) is 2.76. The van der Waals surface area contributed by atoms with Gasteiger partial charge in [0, 0.05) is 16.8 Å². The highest BCUT2D eigenvalue weighted by Crippen LogP contribution is 2.34. The molecule has 0 aliphatic carbocycles. The van der Waals surface area contributed by atoms with Crippen LogP contribution in [-0.4, -0.2) is 17.9 Å². The number of rotatable bonds is 6. The quantitative estimate of drug-likeness (QED) is 0.342. The lowest BCUT2D eigenvalue weighted by molar-refractivity contribution is -0.137. The molecule has 3 aromatic rings. The number of Topliss-reactive ketones (excluding diaryl/α,β-unsaturated/α-hetero) is 1. The van der Waals surface area contributed by atoms with Crippen LogP contribution >= 0.6 is 0 Å². The molecule has 4 nitrogen and oxygen atoms in total. The molecule has 0 aliphatic rings. The number of hydrogen-bond donors (Lipinski definition) is 2. The number of benzene rings is 3. The number of hydrogen-bond acceptors (Lipinski definition) is 3. The molecule has 0 radical (unpaired) electrons. The summed E-state index contributed by atoms with van der Waals surface area (Å²) in [6, 6.07) is 17.0. The fourth-order valence-corrected chi connectivity index (χ4v) is 2.76. The Morgan fingerprint density at radius 3 is 2.00 bits per heavy atom. The van der Waals surface area contributed by atoms with Gasteiger partial charge in [0.25, 0.3) is 5.91 Å². The van der Waals surface area contributed by atoms with Crippen molar-refractivity contribution in [2.24, 2.45) is 0 Å². The molecule has 0 bridgehead atoms. The molecule has 0 fully saturated rings. The predicted octanol–water partition coefficient (Wildman–Crippen LogP) is 4.90. The van der Waals surface area contributed by atoms with Crippen LogP contribution in [0.5, 0.6) is 0 Å². The van der Waals surface area contributed by atoms with E-state index in [0.717, 1.165) is 24.3 Å². The number of amides is 1. The number of carbonyl (C=O) groups excluding carboxylic acids is 2. The second-order valence-corrected chi connectivity index (χ2v) is 6.33. The average molecular weight is 416 g/mol. The monoisotopic (exact) mass is 416 g/mol. The van der Waals surface area contributed by atoms with Crippen LogP contribution in [0.4, 0.5) is 23.2 Å². The zero-order chi connectivity index (χ0) is 21.7. The number of carbonyl (C=O) groups is 2. The maximum absolute atomic E-state index is 13.3. The summed E-state index contributed by atoms with van der Waals surface area (Å²) >= 11 is 0. The Labute approximate surface area is 169 Å². The Balaban J connectivity index is 1.93. The van der Waals surface area contributed by atoms with Gasteiger partial charge in [0.2, 0.25) is 5.78 Å². The van der Waals surface area contributed by atoms with Gasteiger partial charge in [0.15, 0.2) is 6.17 Å². The van der Waals surface area contributed by atoms with E-state index < -0.39 is 35.4 Å². The van der Waals surface area contributed by atoms with Crippen LogP contribution < -0.4 is 10.6 Å². The molecule has 0 saturated heterocycles. The summed E-state index contributed by atoms with van der Waals surface area (Å²) in [7, 11) is 0. The number of alkyl halides is 3. The molecule has 0 spiro atoms. The predicted molar refractivity (Wildman–Crippen MR) is 103 cm³/mol. The van der Waals surface area contributed by atoms with Gasteiger partial charge >= 0.3 is 6.18 Å². The number of para-hydroxylation sites is 1. The molecule has 0 aromatic heterocycles. The van der Waals surface area contributed by atoms with E-state index in [2.05, 4.69) is 10.6 Å². The third-order valence-corrected chi connectivity index (χ3v) is 4.23. The summed E-state index contributed by atoms with van der Waals surface area (Å²) in [5, 5.41) is 4.88. The van der Waals surface area contributed by atoms with Gasteiger partial charge in [-0.15, -0.1) is 0 Å². The molecule has 1 amide bonds. The third-order valence-electron chi connectivity index (χ3n) is 4.23. The van der Waals surface area contributed by atoms with Crippen molar-refractivity contribution in [3.8, 4) is 0 Å². The van der Waals surface area contributed by atoms with E-state index in [-0.39, 0.29) is 16.8 Å². The molecular weight excluding hydrogens is 400 g/mol. The molecule has 0 aliphatic heterocycles. The van der Waals surface area contributed by atoms with Crippen LogP contribution in [0.2, 0.25) is 0 Å². The smallest absolute Gasteiger partial charge is 0.358 e. The highest BCUT2D eigenvalue weighted by Gasteiger charge is 2.34. The van der Waals surface area contributed by atoms with Crippen LogP contribution in [0.3, 0.4) is 0 Å². The molecule has 30 heavy (non-hydrogen) atoms. The Hall–Kier alpha value is -3.68. The maximum Gasteiger partial charge on any atom is 0.418 e. The van der Waals surface area contributed by atoms with Gasteiger partial charge < -0.3 is 10.6 Å². The second-order valence-electron chi connectivity index (χ2n) is 6.33. The van der Waals surface area contributed by atoms with E-state index in [4.69, 9.17) is 0 Å². The number of anilines is 1. The lowest BCUT2D eigenvalue weighted by Gasteiger charge is -2.23. The molecule has 0 heterocycles. The normalized spacial score (nSPS) is 12.1. The first-order chi connectivity index (χ1) is 14.3. The van der Waals surface area contributed by atoms with Crippen molar-refractivity contribution in [3.63, 3.8) is 0 Å². The van der Waals surface area contributed by atoms with Crippen molar-refractivity contribution < 1.29 is 27.2 Å². The number of halogens is 4. The van der Waals surface area contributed by atoms with Crippen molar-refractivity contribution in [2.45, 2.75) is 12.3 Å². The van der Waals surface area contributed by atoms with Crippen LogP contribution in [0.25, 0.3) is 0 Å². The summed E-state index contributed by atoms with van der Waals surface area (Å²) in [4.78, 5) is 25.4. The van der Waals surface area contributed by atoms with Gasteiger partial charge in [-0.25, -0.2) is 4.39 Å². The average Bonchev–Trinajstić information content (AvgIpc) is 2.73. The van der Waals surface area contributed by atoms with E-state index in [1.165, 1.54) is 36.4 Å². The van der Waals surface area contributed by atoms with E-state index in [9.17, 15) is 27.2 Å². The van der Waals surface area contributed by atoms with E-state index in [0.29, 0.717) is 0 Å². The fraction of sp³-hybridized carbons (Fsp3) is 0.0909. The minimum Gasteiger partial charge on any atom is -0.358 e.